The highest BCUT2D eigenvalue weighted by Crippen LogP contribution is 2.36. The summed E-state index contributed by atoms with van der Waals surface area (Å²) >= 11 is 7.25. The SMILES string of the molecule is Cc1cn(C2CCCc3sccc32)c(=S)[nH]1. The van der Waals surface area contributed by atoms with Crippen LogP contribution < -0.4 is 0 Å². The molecule has 2 nitrogen and oxygen atoms in total. The van der Waals surface area contributed by atoms with Gasteiger partial charge in [-0.1, -0.05) is 0 Å². The normalized spacial score (nSPS) is 19.7. The smallest absolute Gasteiger partial charge is 0.177 e. The van der Waals surface area contributed by atoms with Crippen LogP contribution in [0, 0.1) is 11.7 Å². The van der Waals surface area contributed by atoms with Gasteiger partial charge in [0.1, 0.15) is 0 Å². The molecular formula is C12H14N2S2. The molecule has 16 heavy (non-hydrogen) atoms. The van der Waals surface area contributed by atoms with Gasteiger partial charge in [-0.25, -0.2) is 0 Å². The number of hydrogen-bond acceptors (Lipinski definition) is 2. The fraction of sp³-hybridized carbons (Fsp3) is 0.417. The third-order valence-corrected chi connectivity index (χ3v) is 4.54. The van der Waals surface area contributed by atoms with Crippen molar-refractivity contribution in [3.8, 4) is 0 Å². The number of imidazole rings is 1. The first-order valence-corrected chi connectivity index (χ1v) is 6.88. The van der Waals surface area contributed by atoms with Gasteiger partial charge in [0, 0.05) is 16.8 Å². The second-order valence-corrected chi connectivity index (χ2v) is 5.74. The molecule has 0 spiro atoms. The summed E-state index contributed by atoms with van der Waals surface area (Å²) in [5.74, 6) is 0. The maximum absolute atomic E-state index is 5.37. The first-order chi connectivity index (χ1) is 7.75. The molecule has 2 aromatic rings. The number of aryl methyl sites for hydroxylation is 2. The second kappa shape index (κ2) is 3.86. The van der Waals surface area contributed by atoms with Crippen LogP contribution in [-0.4, -0.2) is 9.55 Å². The maximum atomic E-state index is 5.37. The minimum absolute atomic E-state index is 0.451. The number of fused-ring (bicyclic) bond motifs is 1. The number of nitrogens with zero attached hydrogens (tertiary/aromatic N) is 1. The fourth-order valence-corrected chi connectivity index (χ4v) is 3.84. The number of H-pyrrole nitrogens is 1. The Kier molecular flexibility index (Phi) is 2.48. The summed E-state index contributed by atoms with van der Waals surface area (Å²) in [4.78, 5) is 4.75. The Labute approximate surface area is 104 Å². The molecule has 1 aliphatic carbocycles. The Bertz CT molecular complexity index is 562. The molecule has 0 saturated carbocycles. The molecular weight excluding hydrogens is 236 g/mol. The molecule has 0 aromatic carbocycles. The minimum atomic E-state index is 0.451. The zero-order valence-electron chi connectivity index (χ0n) is 9.19. The monoisotopic (exact) mass is 250 g/mol. The largest absolute Gasteiger partial charge is 0.335 e. The van der Waals surface area contributed by atoms with E-state index in [2.05, 4.69) is 34.1 Å². The van der Waals surface area contributed by atoms with Crippen LogP contribution in [0.3, 0.4) is 0 Å². The summed E-state index contributed by atoms with van der Waals surface area (Å²) in [5, 5.41) is 2.20. The van der Waals surface area contributed by atoms with E-state index in [1.165, 1.54) is 29.7 Å². The third kappa shape index (κ3) is 1.57. The molecule has 2 heterocycles. The molecule has 4 heteroatoms. The van der Waals surface area contributed by atoms with E-state index >= 15 is 0 Å². The molecule has 1 N–H and O–H groups in total. The van der Waals surface area contributed by atoms with Crippen molar-refractivity contribution < 1.29 is 0 Å². The van der Waals surface area contributed by atoms with Crippen molar-refractivity contribution >= 4 is 23.6 Å². The summed E-state index contributed by atoms with van der Waals surface area (Å²) in [5.41, 5.74) is 2.62. The lowest BCUT2D eigenvalue weighted by molar-refractivity contribution is 0.490. The van der Waals surface area contributed by atoms with Crippen molar-refractivity contribution in [2.24, 2.45) is 0 Å². The van der Waals surface area contributed by atoms with Crippen molar-refractivity contribution in [1.29, 1.82) is 0 Å². The number of aromatic nitrogens is 2. The van der Waals surface area contributed by atoms with Gasteiger partial charge in [0.25, 0.3) is 0 Å². The van der Waals surface area contributed by atoms with Gasteiger partial charge >= 0.3 is 0 Å². The van der Waals surface area contributed by atoms with Crippen LogP contribution in [0.4, 0.5) is 0 Å². The Balaban J connectivity index is 2.10. The topological polar surface area (TPSA) is 20.7 Å². The van der Waals surface area contributed by atoms with Gasteiger partial charge < -0.3 is 9.55 Å². The van der Waals surface area contributed by atoms with E-state index in [0.717, 1.165) is 10.5 Å². The molecule has 2 aromatic heterocycles. The predicted octanol–water partition coefficient (Wildman–Crippen LogP) is 3.84. The van der Waals surface area contributed by atoms with E-state index in [9.17, 15) is 0 Å². The van der Waals surface area contributed by atoms with Crippen LogP contribution in [-0.2, 0) is 6.42 Å². The molecule has 0 aliphatic heterocycles. The molecule has 1 aliphatic rings. The number of aromatic amines is 1. The molecule has 0 bridgehead atoms. The van der Waals surface area contributed by atoms with Crippen LogP contribution in [0.2, 0.25) is 0 Å². The van der Waals surface area contributed by atoms with Crippen molar-refractivity contribution in [2.75, 3.05) is 0 Å². The summed E-state index contributed by atoms with van der Waals surface area (Å²) in [6.45, 7) is 2.06. The van der Waals surface area contributed by atoms with Gasteiger partial charge in [-0.15, -0.1) is 11.3 Å². The van der Waals surface area contributed by atoms with Gasteiger partial charge in [-0.3, -0.25) is 0 Å². The third-order valence-electron chi connectivity index (χ3n) is 3.23. The van der Waals surface area contributed by atoms with Gasteiger partial charge in [0.15, 0.2) is 4.77 Å². The molecule has 0 saturated heterocycles. The van der Waals surface area contributed by atoms with Gasteiger partial charge in [-0.05, 0) is 55.4 Å². The number of thiophene rings is 1. The first kappa shape index (κ1) is 10.3. The second-order valence-electron chi connectivity index (χ2n) is 4.36. The molecule has 3 rings (SSSR count). The van der Waals surface area contributed by atoms with Crippen molar-refractivity contribution in [3.05, 3.63) is 38.5 Å². The van der Waals surface area contributed by atoms with Crippen LogP contribution in [0.1, 0.15) is 35.0 Å². The lowest BCUT2D eigenvalue weighted by atomic mass is 9.94. The van der Waals surface area contributed by atoms with Crippen molar-refractivity contribution in [1.82, 2.24) is 9.55 Å². The van der Waals surface area contributed by atoms with Gasteiger partial charge in [-0.2, -0.15) is 0 Å². The number of hydrogen-bond donors (Lipinski definition) is 1. The van der Waals surface area contributed by atoms with E-state index in [4.69, 9.17) is 12.2 Å². The van der Waals surface area contributed by atoms with Crippen molar-refractivity contribution in [3.63, 3.8) is 0 Å². The van der Waals surface area contributed by atoms with E-state index in [-0.39, 0.29) is 0 Å². The highest BCUT2D eigenvalue weighted by molar-refractivity contribution is 7.71. The number of nitrogens with one attached hydrogen (secondary N) is 1. The molecule has 1 unspecified atom stereocenters. The number of rotatable bonds is 1. The minimum Gasteiger partial charge on any atom is -0.335 e. The summed E-state index contributed by atoms with van der Waals surface area (Å²) < 4.78 is 3.07. The Morgan fingerprint density at radius 2 is 2.44 bits per heavy atom. The zero-order chi connectivity index (χ0) is 11.1. The van der Waals surface area contributed by atoms with Crippen LogP contribution in [0.25, 0.3) is 0 Å². The Morgan fingerprint density at radius 3 is 3.19 bits per heavy atom. The average Bonchev–Trinajstić information content (AvgIpc) is 2.84. The summed E-state index contributed by atoms with van der Waals surface area (Å²) in [6, 6.07) is 2.71. The van der Waals surface area contributed by atoms with Crippen LogP contribution in [0.15, 0.2) is 17.6 Å². The van der Waals surface area contributed by atoms with Crippen molar-refractivity contribution in [2.45, 2.75) is 32.2 Å². The van der Waals surface area contributed by atoms with E-state index < -0.39 is 0 Å². The highest BCUT2D eigenvalue weighted by atomic mass is 32.1. The van der Waals surface area contributed by atoms with E-state index in [1.807, 2.05) is 11.3 Å². The summed E-state index contributed by atoms with van der Waals surface area (Å²) in [6.07, 6.45) is 5.85. The predicted molar refractivity (Wildman–Crippen MR) is 69.7 cm³/mol. The van der Waals surface area contributed by atoms with Gasteiger partial charge in [0.05, 0.1) is 6.04 Å². The van der Waals surface area contributed by atoms with E-state index in [0.29, 0.717) is 6.04 Å². The Hall–Kier alpha value is -0.870. The quantitative estimate of drug-likeness (QED) is 0.763. The lowest BCUT2D eigenvalue weighted by Crippen LogP contribution is -2.14. The molecule has 84 valence electrons. The molecule has 0 amide bonds. The van der Waals surface area contributed by atoms with Crippen LogP contribution in [0.5, 0.6) is 0 Å². The average molecular weight is 250 g/mol. The summed E-state index contributed by atoms with van der Waals surface area (Å²) in [7, 11) is 0. The van der Waals surface area contributed by atoms with Gasteiger partial charge in [0.2, 0.25) is 0 Å². The maximum Gasteiger partial charge on any atom is 0.177 e. The fourth-order valence-electron chi connectivity index (χ4n) is 2.52. The van der Waals surface area contributed by atoms with Crippen LogP contribution >= 0.6 is 23.6 Å². The first-order valence-electron chi connectivity index (χ1n) is 5.60. The Morgan fingerprint density at radius 1 is 1.56 bits per heavy atom. The molecule has 1 atom stereocenters. The molecule has 0 fully saturated rings. The standard InChI is InChI=1S/C12H14N2S2/c1-8-7-14(12(15)13-8)10-3-2-4-11-9(10)5-6-16-11/h5-7,10H,2-4H2,1H3,(H,13,15). The highest BCUT2D eigenvalue weighted by Gasteiger charge is 2.23. The lowest BCUT2D eigenvalue weighted by Gasteiger charge is -2.23. The molecule has 0 radical (unpaired) electrons. The van der Waals surface area contributed by atoms with E-state index in [1.54, 1.807) is 0 Å². The zero-order valence-corrected chi connectivity index (χ0v) is 10.8.